The van der Waals surface area contributed by atoms with Crippen LogP contribution < -0.4 is 10.6 Å². The topological polar surface area (TPSA) is 55.6 Å². The van der Waals surface area contributed by atoms with Crippen molar-refractivity contribution in [2.45, 2.75) is 6.61 Å². The van der Waals surface area contributed by atoms with Crippen LogP contribution >= 0.6 is 0 Å². The number of hydrogen-bond acceptors (Lipinski definition) is 3. The Morgan fingerprint density at radius 2 is 2.38 bits per heavy atom. The molecular weight excluding hydrogens is 211 g/mol. The summed E-state index contributed by atoms with van der Waals surface area (Å²) in [4.78, 5) is 13.2. The predicted octanol–water partition coefficient (Wildman–Crippen LogP) is 0.648. The Labute approximate surface area is 92.8 Å². The van der Waals surface area contributed by atoms with Gasteiger partial charge in [-0.3, -0.25) is 4.79 Å². The molecule has 0 spiro atoms. The maximum atomic E-state index is 13.1. The summed E-state index contributed by atoms with van der Waals surface area (Å²) >= 11 is 0. The third kappa shape index (κ3) is 2.05. The number of halogens is 1. The van der Waals surface area contributed by atoms with Gasteiger partial charge in [-0.1, -0.05) is 0 Å². The minimum Gasteiger partial charge on any atom is -0.375 e. The molecule has 2 rings (SSSR count). The van der Waals surface area contributed by atoms with E-state index in [1.165, 1.54) is 12.1 Å². The van der Waals surface area contributed by atoms with E-state index in [4.69, 9.17) is 10.5 Å². The third-order valence-electron chi connectivity index (χ3n) is 2.52. The van der Waals surface area contributed by atoms with Gasteiger partial charge in [0, 0.05) is 17.8 Å². The first-order chi connectivity index (χ1) is 7.72. The standard InChI is InChI=1S/C11H13FN2O2/c12-9-1-2-10-8(5-9)7-16-4-3-14(10)11(15)6-13/h1-2,5H,3-4,6-7,13H2. The molecule has 1 aliphatic heterocycles. The minimum absolute atomic E-state index is 0.0587. The van der Waals surface area contributed by atoms with E-state index >= 15 is 0 Å². The molecule has 2 N–H and O–H groups in total. The summed E-state index contributed by atoms with van der Waals surface area (Å²) < 4.78 is 18.4. The number of carbonyl (C=O) groups is 1. The van der Waals surface area contributed by atoms with Gasteiger partial charge in [-0.2, -0.15) is 0 Å². The highest BCUT2D eigenvalue weighted by Crippen LogP contribution is 2.24. The molecule has 1 heterocycles. The van der Waals surface area contributed by atoms with Crippen molar-refractivity contribution < 1.29 is 13.9 Å². The average Bonchev–Trinajstić information content (AvgIpc) is 2.49. The molecule has 0 atom stereocenters. The van der Waals surface area contributed by atoms with Crippen molar-refractivity contribution in [3.63, 3.8) is 0 Å². The second-order valence-electron chi connectivity index (χ2n) is 3.58. The lowest BCUT2D eigenvalue weighted by Crippen LogP contribution is -2.37. The summed E-state index contributed by atoms with van der Waals surface area (Å²) in [5.74, 6) is -0.511. The Hall–Kier alpha value is -1.46. The molecule has 1 aliphatic rings. The Morgan fingerprint density at radius 3 is 3.12 bits per heavy atom. The fourth-order valence-electron chi connectivity index (χ4n) is 1.76. The van der Waals surface area contributed by atoms with Crippen molar-refractivity contribution in [3.8, 4) is 0 Å². The van der Waals surface area contributed by atoms with Gasteiger partial charge >= 0.3 is 0 Å². The van der Waals surface area contributed by atoms with Crippen LogP contribution in [0, 0.1) is 5.82 Å². The molecule has 0 aromatic heterocycles. The van der Waals surface area contributed by atoms with Gasteiger partial charge in [-0.25, -0.2) is 4.39 Å². The normalized spacial score (nSPS) is 15.5. The van der Waals surface area contributed by atoms with Gasteiger partial charge in [0.25, 0.3) is 0 Å². The van der Waals surface area contributed by atoms with Crippen molar-refractivity contribution in [1.82, 2.24) is 0 Å². The summed E-state index contributed by atoms with van der Waals surface area (Å²) in [5, 5.41) is 0. The van der Waals surface area contributed by atoms with Crippen molar-refractivity contribution in [3.05, 3.63) is 29.6 Å². The molecule has 1 amide bonds. The first-order valence-corrected chi connectivity index (χ1v) is 5.09. The largest absolute Gasteiger partial charge is 0.375 e. The molecule has 1 aromatic carbocycles. The monoisotopic (exact) mass is 224 g/mol. The van der Waals surface area contributed by atoms with Crippen LogP contribution in [0.3, 0.4) is 0 Å². The quantitative estimate of drug-likeness (QED) is 0.762. The smallest absolute Gasteiger partial charge is 0.240 e. The van der Waals surface area contributed by atoms with Crippen LogP contribution in [0.25, 0.3) is 0 Å². The number of nitrogens with zero attached hydrogens (tertiary/aromatic N) is 1. The van der Waals surface area contributed by atoms with E-state index in [0.717, 1.165) is 0 Å². The number of anilines is 1. The molecule has 0 fully saturated rings. The van der Waals surface area contributed by atoms with Crippen molar-refractivity contribution in [2.75, 3.05) is 24.6 Å². The lowest BCUT2D eigenvalue weighted by atomic mass is 10.1. The lowest BCUT2D eigenvalue weighted by molar-refractivity contribution is -0.117. The number of ether oxygens (including phenoxy) is 1. The van der Waals surface area contributed by atoms with Crippen molar-refractivity contribution in [2.24, 2.45) is 5.73 Å². The molecule has 1 aromatic rings. The molecule has 0 saturated carbocycles. The average molecular weight is 224 g/mol. The van der Waals surface area contributed by atoms with Crippen LogP contribution in [0.15, 0.2) is 18.2 Å². The Kier molecular flexibility index (Phi) is 3.17. The highest BCUT2D eigenvalue weighted by molar-refractivity contribution is 5.95. The molecular formula is C11H13FN2O2. The summed E-state index contributed by atoms with van der Waals surface area (Å²) in [5.41, 5.74) is 6.70. The van der Waals surface area contributed by atoms with E-state index in [-0.39, 0.29) is 18.3 Å². The maximum Gasteiger partial charge on any atom is 0.240 e. The van der Waals surface area contributed by atoms with Gasteiger partial charge in [0.2, 0.25) is 5.91 Å². The molecule has 0 saturated heterocycles. The first-order valence-electron chi connectivity index (χ1n) is 5.09. The lowest BCUT2D eigenvalue weighted by Gasteiger charge is -2.21. The minimum atomic E-state index is -0.329. The van der Waals surface area contributed by atoms with Crippen LogP contribution in [-0.4, -0.2) is 25.6 Å². The van der Waals surface area contributed by atoms with Gasteiger partial charge in [-0.05, 0) is 18.2 Å². The zero-order valence-corrected chi connectivity index (χ0v) is 8.78. The van der Waals surface area contributed by atoms with Gasteiger partial charge in [-0.15, -0.1) is 0 Å². The van der Waals surface area contributed by atoms with Crippen molar-refractivity contribution >= 4 is 11.6 Å². The molecule has 5 heteroatoms. The van der Waals surface area contributed by atoms with Crippen LogP contribution in [0.5, 0.6) is 0 Å². The van der Waals surface area contributed by atoms with E-state index in [1.54, 1.807) is 11.0 Å². The van der Waals surface area contributed by atoms with Crippen LogP contribution in [-0.2, 0) is 16.1 Å². The molecule has 0 unspecified atom stereocenters. The van der Waals surface area contributed by atoms with E-state index in [9.17, 15) is 9.18 Å². The summed E-state index contributed by atoms with van der Waals surface area (Å²) in [7, 11) is 0. The van der Waals surface area contributed by atoms with Crippen LogP contribution in [0.4, 0.5) is 10.1 Å². The van der Waals surface area contributed by atoms with Gasteiger partial charge in [0.1, 0.15) is 5.82 Å². The molecule has 16 heavy (non-hydrogen) atoms. The first kappa shape index (κ1) is 11.0. The summed E-state index contributed by atoms with van der Waals surface area (Å²) in [6.07, 6.45) is 0. The third-order valence-corrected chi connectivity index (χ3v) is 2.52. The number of carbonyl (C=O) groups excluding carboxylic acids is 1. The maximum absolute atomic E-state index is 13.1. The zero-order chi connectivity index (χ0) is 11.5. The van der Waals surface area contributed by atoms with Crippen LogP contribution in [0.2, 0.25) is 0 Å². The van der Waals surface area contributed by atoms with E-state index in [1.807, 2.05) is 0 Å². The highest BCUT2D eigenvalue weighted by Gasteiger charge is 2.20. The number of rotatable bonds is 1. The molecule has 0 radical (unpaired) electrons. The number of hydrogen-bond donors (Lipinski definition) is 1. The fourth-order valence-corrected chi connectivity index (χ4v) is 1.76. The Morgan fingerprint density at radius 1 is 1.56 bits per heavy atom. The second-order valence-corrected chi connectivity index (χ2v) is 3.58. The van der Waals surface area contributed by atoms with E-state index in [2.05, 4.69) is 0 Å². The van der Waals surface area contributed by atoms with E-state index < -0.39 is 0 Å². The molecule has 0 aliphatic carbocycles. The predicted molar refractivity (Wildman–Crippen MR) is 57.5 cm³/mol. The second kappa shape index (κ2) is 4.59. The summed E-state index contributed by atoms with van der Waals surface area (Å²) in [6, 6.07) is 4.31. The summed E-state index contributed by atoms with van der Waals surface area (Å²) in [6.45, 7) is 1.15. The fraction of sp³-hybridized carbons (Fsp3) is 0.364. The molecule has 0 bridgehead atoms. The SMILES string of the molecule is NCC(=O)N1CCOCc2cc(F)ccc21. The van der Waals surface area contributed by atoms with Gasteiger partial charge in [0.15, 0.2) is 0 Å². The number of amides is 1. The zero-order valence-electron chi connectivity index (χ0n) is 8.78. The molecule has 86 valence electrons. The van der Waals surface area contributed by atoms with Gasteiger partial charge in [0.05, 0.1) is 19.8 Å². The number of benzene rings is 1. The number of fused-ring (bicyclic) bond motifs is 1. The van der Waals surface area contributed by atoms with Crippen molar-refractivity contribution in [1.29, 1.82) is 0 Å². The highest BCUT2D eigenvalue weighted by atomic mass is 19.1. The molecule has 4 nitrogen and oxygen atoms in total. The van der Waals surface area contributed by atoms with Gasteiger partial charge < -0.3 is 15.4 Å². The number of nitrogens with two attached hydrogens (primary N) is 1. The van der Waals surface area contributed by atoms with E-state index in [0.29, 0.717) is 31.0 Å². The Balaban J connectivity index is 2.40. The Bertz CT molecular complexity index is 409. The van der Waals surface area contributed by atoms with Crippen LogP contribution in [0.1, 0.15) is 5.56 Å².